The van der Waals surface area contributed by atoms with Crippen molar-refractivity contribution in [2.45, 2.75) is 37.8 Å². The Bertz CT molecular complexity index is 820. The molecule has 2 aromatic carbocycles. The highest BCUT2D eigenvalue weighted by Gasteiger charge is 2.40. The lowest BCUT2D eigenvalue weighted by Gasteiger charge is -2.47. The minimum atomic E-state index is -0.165. The number of piperazine rings is 1. The van der Waals surface area contributed by atoms with Gasteiger partial charge in [0.05, 0.1) is 0 Å². The summed E-state index contributed by atoms with van der Waals surface area (Å²) < 4.78 is 13.8. The van der Waals surface area contributed by atoms with Crippen molar-refractivity contribution < 1.29 is 4.39 Å². The largest absolute Gasteiger partial charge is 0.299 e. The van der Waals surface area contributed by atoms with E-state index in [1.54, 1.807) is 6.07 Å². The normalized spacial score (nSPS) is 26.0. The second kappa shape index (κ2) is 6.63. The first-order chi connectivity index (χ1) is 12.3. The van der Waals surface area contributed by atoms with Gasteiger partial charge in [-0.05, 0) is 68.3 Å². The van der Waals surface area contributed by atoms with Crippen LogP contribution in [0.3, 0.4) is 0 Å². The van der Waals surface area contributed by atoms with E-state index < -0.39 is 0 Å². The van der Waals surface area contributed by atoms with Crippen molar-refractivity contribution in [3.63, 3.8) is 0 Å². The van der Waals surface area contributed by atoms with Crippen molar-refractivity contribution in [3.8, 4) is 0 Å². The van der Waals surface area contributed by atoms with E-state index in [9.17, 15) is 4.39 Å². The van der Waals surface area contributed by atoms with Gasteiger partial charge < -0.3 is 0 Å². The summed E-state index contributed by atoms with van der Waals surface area (Å²) in [6, 6.07) is 13.6. The zero-order valence-corrected chi connectivity index (χ0v) is 16.4. The van der Waals surface area contributed by atoms with Gasteiger partial charge in [0, 0.05) is 42.2 Å². The molecular weight excluding hydrogens is 347 g/mol. The summed E-state index contributed by atoms with van der Waals surface area (Å²) >= 11 is 6.34. The molecule has 0 N–H and O–H groups in total. The Hall–Kier alpha value is -1.42. The monoisotopic (exact) mass is 372 g/mol. The predicted molar refractivity (Wildman–Crippen MR) is 105 cm³/mol. The minimum absolute atomic E-state index is 0.147. The maximum absolute atomic E-state index is 13.8. The molecular formula is C22H26ClFN2. The number of rotatable bonds is 2. The maximum Gasteiger partial charge on any atom is 0.123 e. The molecule has 2 nitrogen and oxygen atoms in total. The van der Waals surface area contributed by atoms with Crippen LogP contribution < -0.4 is 0 Å². The van der Waals surface area contributed by atoms with Gasteiger partial charge in [0.15, 0.2) is 0 Å². The summed E-state index contributed by atoms with van der Waals surface area (Å²) in [6.45, 7) is 7.74. The zero-order chi connectivity index (χ0) is 18.5. The highest BCUT2D eigenvalue weighted by atomic mass is 35.5. The minimum Gasteiger partial charge on any atom is -0.299 e. The van der Waals surface area contributed by atoms with E-state index in [1.807, 2.05) is 18.2 Å². The van der Waals surface area contributed by atoms with Gasteiger partial charge in [-0.2, -0.15) is 0 Å². The van der Waals surface area contributed by atoms with Crippen molar-refractivity contribution >= 4 is 11.6 Å². The highest BCUT2D eigenvalue weighted by molar-refractivity contribution is 6.30. The standard InChI is InChI=1S/C22H26ClFN2/c1-22(2)14-26(10-9-25(22)3)21-13-19(15-5-4-6-17(24)11-15)18-8-7-16(23)12-20(18)21/h4-8,11-12,19,21H,9-10,13-14H2,1-3H3/t19-,21+/m1/s1. The SMILES string of the molecule is CN1CCN([C@H]2C[C@H](c3cccc(F)c3)c3ccc(Cl)cc32)CC1(C)C. The molecule has 1 fully saturated rings. The molecule has 26 heavy (non-hydrogen) atoms. The van der Waals surface area contributed by atoms with Gasteiger partial charge in [-0.25, -0.2) is 4.39 Å². The van der Waals surface area contributed by atoms with Crippen molar-refractivity contribution in [2.75, 3.05) is 26.7 Å². The molecule has 0 bridgehead atoms. The molecule has 0 saturated carbocycles. The number of hydrogen-bond acceptors (Lipinski definition) is 2. The maximum atomic E-state index is 13.8. The van der Waals surface area contributed by atoms with E-state index in [-0.39, 0.29) is 17.3 Å². The van der Waals surface area contributed by atoms with Gasteiger partial charge in [-0.1, -0.05) is 29.8 Å². The fourth-order valence-electron chi connectivity index (χ4n) is 4.56. The van der Waals surface area contributed by atoms with Crippen molar-refractivity contribution in [3.05, 3.63) is 70.0 Å². The van der Waals surface area contributed by atoms with Crippen LogP contribution in [0, 0.1) is 5.82 Å². The molecule has 2 aliphatic rings. The fraction of sp³-hybridized carbons (Fsp3) is 0.455. The Morgan fingerprint density at radius 1 is 1.08 bits per heavy atom. The lowest BCUT2D eigenvalue weighted by atomic mass is 9.93. The molecule has 0 unspecified atom stereocenters. The molecule has 0 spiro atoms. The molecule has 1 saturated heterocycles. The van der Waals surface area contributed by atoms with Crippen LogP contribution >= 0.6 is 11.6 Å². The number of fused-ring (bicyclic) bond motifs is 1. The van der Waals surface area contributed by atoms with Crippen LogP contribution in [-0.2, 0) is 0 Å². The number of hydrogen-bond donors (Lipinski definition) is 0. The Kier molecular flexibility index (Phi) is 4.58. The van der Waals surface area contributed by atoms with Crippen molar-refractivity contribution in [2.24, 2.45) is 0 Å². The zero-order valence-electron chi connectivity index (χ0n) is 15.7. The molecule has 1 aliphatic heterocycles. The van der Waals surface area contributed by atoms with Crippen LogP contribution in [0.25, 0.3) is 0 Å². The summed E-state index contributed by atoms with van der Waals surface area (Å²) in [4.78, 5) is 5.02. The van der Waals surface area contributed by atoms with Crippen LogP contribution in [0.5, 0.6) is 0 Å². The third-order valence-corrected chi connectivity index (χ3v) is 6.52. The van der Waals surface area contributed by atoms with E-state index in [2.05, 4.69) is 42.8 Å². The van der Waals surface area contributed by atoms with Gasteiger partial charge >= 0.3 is 0 Å². The summed E-state index contributed by atoms with van der Waals surface area (Å²) in [5.41, 5.74) is 3.81. The Morgan fingerprint density at radius 3 is 2.62 bits per heavy atom. The smallest absolute Gasteiger partial charge is 0.123 e. The molecule has 4 rings (SSSR count). The summed E-state index contributed by atoms with van der Waals surface area (Å²) in [5.74, 6) is 0.0629. The second-order valence-electron chi connectivity index (χ2n) is 8.34. The lowest BCUT2D eigenvalue weighted by molar-refractivity contribution is 0.0158. The van der Waals surface area contributed by atoms with E-state index in [0.29, 0.717) is 6.04 Å². The van der Waals surface area contributed by atoms with Crippen LogP contribution in [0.15, 0.2) is 42.5 Å². The topological polar surface area (TPSA) is 6.48 Å². The van der Waals surface area contributed by atoms with Crippen molar-refractivity contribution in [1.82, 2.24) is 9.80 Å². The first-order valence-corrected chi connectivity index (χ1v) is 9.73. The number of nitrogens with zero attached hydrogens (tertiary/aromatic N) is 2. The molecule has 1 heterocycles. The van der Waals surface area contributed by atoms with Gasteiger partial charge in [0.1, 0.15) is 5.82 Å². The lowest BCUT2D eigenvalue weighted by Crippen LogP contribution is -2.58. The van der Waals surface area contributed by atoms with E-state index >= 15 is 0 Å². The van der Waals surface area contributed by atoms with Crippen LogP contribution in [0.1, 0.15) is 48.9 Å². The van der Waals surface area contributed by atoms with Crippen LogP contribution in [0.2, 0.25) is 5.02 Å². The number of benzene rings is 2. The summed E-state index contributed by atoms with van der Waals surface area (Å²) in [6.07, 6.45) is 0.985. The second-order valence-corrected chi connectivity index (χ2v) is 8.77. The Labute approximate surface area is 160 Å². The fourth-order valence-corrected chi connectivity index (χ4v) is 4.74. The summed E-state index contributed by atoms with van der Waals surface area (Å²) in [5, 5.41) is 0.780. The third-order valence-electron chi connectivity index (χ3n) is 6.28. The third kappa shape index (κ3) is 3.17. The average Bonchev–Trinajstić information content (AvgIpc) is 2.96. The molecule has 138 valence electrons. The van der Waals surface area contributed by atoms with Crippen LogP contribution in [-0.4, -0.2) is 42.0 Å². The highest BCUT2D eigenvalue weighted by Crippen LogP contribution is 2.48. The van der Waals surface area contributed by atoms with Gasteiger partial charge in [0.25, 0.3) is 0 Å². The van der Waals surface area contributed by atoms with E-state index in [4.69, 9.17) is 11.6 Å². The van der Waals surface area contributed by atoms with Gasteiger partial charge in [-0.3, -0.25) is 9.80 Å². The molecule has 0 radical (unpaired) electrons. The number of halogens is 2. The molecule has 2 aromatic rings. The molecule has 0 amide bonds. The molecule has 2 atom stereocenters. The van der Waals surface area contributed by atoms with Gasteiger partial charge in [-0.15, -0.1) is 0 Å². The quantitative estimate of drug-likeness (QED) is 0.725. The van der Waals surface area contributed by atoms with Gasteiger partial charge in [0.2, 0.25) is 0 Å². The van der Waals surface area contributed by atoms with E-state index in [1.165, 1.54) is 17.2 Å². The Balaban J connectivity index is 1.71. The van der Waals surface area contributed by atoms with E-state index in [0.717, 1.165) is 36.6 Å². The van der Waals surface area contributed by atoms with Crippen molar-refractivity contribution in [1.29, 1.82) is 0 Å². The molecule has 4 heteroatoms. The number of likely N-dealkylation sites (N-methyl/N-ethyl adjacent to an activating group) is 1. The Morgan fingerprint density at radius 2 is 1.88 bits per heavy atom. The first-order valence-electron chi connectivity index (χ1n) is 9.35. The molecule has 1 aliphatic carbocycles. The van der Waals surface area contributed by atoms with Crippen LogP contribution in [0.4, 0.5) is 4.39 Å². The summed E-state index contributed by atoms with van der Waals surface area (Å²) in [7, 11) is 2.20. The predicted octanol–water partition coefficient (Wildman–Crippen LogP) is 5.08. The first kappa shape index (κ1) is 18.0. The molecule has 0 aromatic heterocycles. The average molecular weight is 373 g/mol.